The predicted molar refractivity (Wildman–Crippen MR) is 79.2 cm³/mol. The van der Waals surface area contributed by atoms with Crippen molar-refractivity contribution in [1.82, 2.24) is 15.0 Å². The molecule has 1 atom stereocenters. The van der Waals surface area contributed by atoms with Crippen LogP contribution in [0.1, 0.15) is 18.7 Å². The van der Waals surface area contributed by atoms with Crippen LogP contribution in [-0.4, -0.2) is 15.0 Å². The Bertz CT molecular complexity index is 733. The van der Waals surface area contributed by atoms with Crippen LogP contribution in [0.2, 0.25) is 0 Å². The second-order valence-electron chi connectivity index (χ2n) is 4.55. The summed E-state index contributed by atoms with van der Waals surface area (Å²) in [5.41, 5.74) is 7.56. The number of nitrogens with two attached hydrogens (primary N) is 1. The van der Waals surface area contributed by atoms with Gasteiger partial charge in [-0.3, -0.25) is 0 Å². The predicted octanol–water partition coefficient (Wildman–Crippen LogP) is 3.20. The van der Waals surface area contributed by atoms with Gasteiger partial charge < -0.3 is 5.73 Å². The van der Waals surface area contributed by atoms with E-state index in [1.165, 1.54) is 10.8 Å². The molecule has 19 heavy (non-hydrogen) atoms. The molecule has 2 aromatic carbocycles. The van der Waals surface area contributed by atoms with Crippen molar-refractivity contribution in [2.75, 3.05) is 0 Å². The Hall–Kier alpha value is -1.72. The van der Waals surface area contributed by atoms with Crippen LogP contribution in [-0.2, 0) is 0 Å². The van der Waals surface area contributed by atoms with Gasteiger partial charge in [-0.1, -0.05) is 33.3 Å². The summed E-state index contributed by atoms with van der Waals surface area (Å²) in [5.74, 6) is 0. The zero-order chi connectivity index (χ0) is 13.4. The smallest absolute Gasteiger partial charge is 0.0995 e. The first-order valence-electron chi connectivity index (χ1n) is 6.01. The van der Waals surface area contributed by atoms with Gasteiger partial charge in [0.1, 0.15) is 0 Å². The molecule has 0 aliphatic heterocycles. The normalized spacial score (nSPS) is 12.8. The average Bonchev–Trinajstić information content (AvgIpc) is 2.88. The lowest BCUT2D eigenvalue weighted by Crippen LogP contribution is -2.04. The molecule has 2 N–H and O–H groups in total. The van der Waals surface area contributed by atoms with Crippen molar-refractivity contribution < 1.29 is 0 Å². The van der Waals surface area contributed by atoms with Crippen molar-refractivity contribution in [2.24, 2.45) is 5.73 Å². The minimum absolute atomic E-state index is 0.106. The number of halogens is 1. The van der Waals surface area contributed by atoms with Gasteiger partial charge in [-0.2, -0.15) is 0 Å². The van der Waals surface area contributed by atoms with Gasteiger partial charge in [0.15, 0.2) is 0 Å². The molecular weight excluding hydrogens is 304 g/mol. The van der Waals surface area contributed by atoms with E-state index < -0.39 is 0 Å². The third-order valence-electron chi connectivity index (χ3n) is 3.03. The minimum atomic E-state index is -0.106. The average molecular weight is 317 g/mol. The molecular formula is C14H13BrN4. The lowest BCUT2D eigenvalue weighted by Gasteiger charge is -2.03. The summed E-state index contributed by atoms with van der Waals surface area (Å²) < 4.78 is 2.83. The molecule has 1 unspecified atom stereocenters. The van der Waals surface area contributed by atoms with Crippen LogP contribution in [0.15, 0.2) is 47.1 Å². The van der Waals surface area contributed by atoms with Crippen LogP contribution in [0.3, 0.4) is 0 Å². The summed E-state index contributed by atoms with van der Waals surface area (Å²) in [6.07, 6.45) is 1.87. The maximum atomic E-state index is 5.79. The van der Waals surface area contributed by atoms with E-state index in [-0.39, 0.29) is 6.04 Å². The fraction of sp³-hybridized carbons (Fsp3) is 0.143. The van der Waals surface area contributed by atoms with Gasteiger partial charge in [0.05, 0.1) is 17.6 Å². The van der Waals surface area contributed by atoms with E-state index in [4.69, 9.17) is 5.73 Å². The monoisotopic (exact) mass is 316 g/mol. The third-order valence-corrected chi connectivity index (χ3v) is 3.52. The molecule has 1 heterocycles. The van der Waals surface area contributed by atoms with Gasteiger partial charge >= 0.3 is 0 Å². The zero-order valence-corrected chi connectivity index (χ0v) is 12.0. The van der Waals surface area contributed by atoms with Gasteiger partial charge in [0.25, 0.3) is 0 Å². The lowest BCUT2D eigenvalue weighted by molar-refractivity contribution is 0.757. The first-order chi connectivity index (χ1) is 9.13. The first kappa shape index (κ1) is 12.3. The lowest BCUT2D eigenvalue weighted by atomic mass is 10.1. The molecule has 0 spiro atoms. The maximum Gasteiger partial charge on any atom is 0.0995 e. The quantitative estimate of drug-likeness (QED) is 0.789. The van der Waals surface area contributed by atoms with E-state index in [0.717, 1.165) is 15.9 Å². The molecule has 0 fully saturated rings. The Morgan fingerprint density at radius 2 is 1.89 bits per heavy atom. The highest BCUT2D eigenvalue weighted by atomic mass is 79.9. The molecule has 1 aromatic heterocycles. The van der Waals surface area contributed by atoms with Crippen molar-refractivity contribution in [1.29, 1.82) is 0 Å². The van der Waals surface area contributed by atoms with Gasteiger partial charge in [-0.25, -0.2) is 4.68 Å². The number of hydrogen-bond donors (Lipinski definition) is 1. The number of benzene rings is 2. The van der Waals surface area contributed by atoms with Crippen LogP contribution in [0.5, 0.6) is 0 Å². The zero-order valence-electron chi connectivity index (χ0n) is 10.4. The number of nitrogens with zero attached hydrogens (tertiary/aromatic N) is 3. The van der Waals surface area contributed by atoms with E-state index in [0.29, 0.717) is 0 Å². The summed E-state index contributed by atoms with van der Waals surface area (Å²) in [6.45, 7) is 1.90. The molecule has 0 saturated heterocycles. The van der Waals surface area contributed by atoms with Gasteiger partial charge in [0, 0.05) is 10.5 Å². The van der Waals surface area contributed by atoms with E-state index in [1.54, 1.807) is 4.68 Å². The van der Waals surface area contributed by atoms with Crippen LogP contribution < -0.4 is 5.73 Å². The summed E-state index contributed by atoms with van der Waals surface area (Å²) in [4.78, 5) is 0. The van der Waals surface area contributed by atoms with E-state index in [2.05, 4.69) is 50.5 Å². The Morgan fingerprint density at radius 3 is 2.63 bits per heavy atom. The molecule has 3 rings (SSSR count). The third kappa shape index (κ3) is 2.39. The Labute approximate surface area is 119 Å². The van der Waals surface area contributed by atoms with Crippen LogP contribution in [0, 0.1) is 0 Å². The Kier molecular flexibility index (Phi) is 3.08. The van der Waals surface area contributed by atoms with Crippen molar-refractivity contribution >= 4 is 26.7 Å². The largest absolute Gasteiger partial charge is 0.323 e. The minimum Gasteiger partial charge on any atom is -0.323 e. The molecule has 0 radical (unpaired) electrons. The molecule has 0 aliphatic rings. The standard InChI is InChI=1S/C14H13BrN4/c1-9(16)14-8-19(18-17-14)13-5-3-10-6-12(15)4-2-11(10)7-13/h2-9H,16H2,1H3. The number of hydrogen-bond acceptors (Lipinski definition) is 3. The fourth-order valence-electron chi connectivity index (χ4n) is 1.96. The van der Waals surface area contributed by atoms with E-state index in [9.17, 15) is 0 Å². The Morgan fingerprint density at radius 1 is 1.16 bits per heavy atom. The number of rotatable bonds is 2. The highest BCUT2D eigenvalue weighted by Gasteiger charge is 2.07. The van der Waals surface area contributed by atoms with Crippen LogP contribution in [0.25, 0.3) is 16.5 Å². The summed E-state index contributed by atoms with van der Waals surface area (Å²) in [6, 6.07) is 12.3. The maximum absolute atomic E-state index is 5.79. The second-order valence-corrected chi connectivity index (χ2v) is 5.47. The van der Waals surface area contributed by atoms with Crippen molar-refractivity contribution in [3.8, 4) is 5.69 Å². The summed E-state index contributed by atoms with van der Waals surface area (Å²) >= 11 is 3.47. The van der Waals surface area contributed by atoms with Crippen LogP contribution >= 0.6 is 15.9 Å². The highest BCUT2D eigenvalue weighted by Crippen LogP contribution is 2.22. The van der Waals surface area contributed by atoms with Gasteiger partial charge in [-0.15, -0.1) is 5.10 Å². The molecule has 0 bridgehead atoms. The number of aromatic nitrogens is 3. The molecule has 3 aromatic rings. The fourth-order valence-corrected chi connectivity index (χ4v) is 2.34. The first-order valence-corrected chi connectivity index (χ1v) is 6.80. The molecule has 0 saturated carbocycles. The molecule has 0 amide bonds. The van der Waals surface area contributed by atoms with Crippen molar-refractivity contribution in [2.45, 2.75) is 13.0 Å². The molecule has 4 nitrogen and oxygen atoms in total. The highest BCUT2D eigenvalue weighted by molar-refractivity contribution is 9.10. The second kappa shape index (κ2) is 4.75. The molecule has 0 aliphatic carbocycles. The van der Waals surface area contributed by atoms with Gasteiger partial charge in [0.2, 0.25) is 0 Å². The van der Waals surface area contributed by atoms with E-state index >= 15 is 0 Å². The number of fused-ring (bicyclic) bond motifs is 1. The van der Waals surface area contributed by atoms with Crippen molar-refractivity contribution in [3.63, 3.8) is 0 Å². The topological polar surface area (TPSA) is 56.7 Å². The van der Waals surface area contributed by atoms with Crippen LogP contribution in [0.4, 0.5) is 0 Å². The van der Waals surface area contributed by atoms with E-state index in [1.807, 2.05) is 25.3 Å². The summed E-state index contributed by atoms with van der Waals surface area (Å²) in [5, 5.41) is 10.5. The SMILES string of the molecule is CC(N)c1cn(-c2ccc3cc(Br)ccc3c2)nn1. The molecule has 5 heteroatoms. The van der Waals surface area contributed by atoms with Crippen molar-refractivity contribution in [3.05, 3.63) is 52.8 Å². The molecule has 96 valence electrons. The van der Waals surface area contributed by atoms with Gasteiger partial charge in [-0.05, 0) is 42.0 Å². The summed E-state index contributed by atoms with van der Waals surface area (Å²) in [7, 11) is 0. The Balaban J connectivity index is 2.07.